The molecule has 2 aliphatic rings. The summed E-state index contributed by atoms with van der Waals surface area (Å²) in [5.74, 6) is -0.131. The van der Waals surface area contributed by atoms with Crippen LogP contribution in [0.2, 0.25) is 0 Å². The van der Waals surface area contributed by atoms with Crippen LogP contribution >= 0.6 is 0 Å². The maximum atomic E-state index is 14.3. The number of amides is 1. The molecule has 2 fully saturated rings. The van der Waals surface area contributed by atoms with E-state index in [4.69, 9.17) is 0 Å². The summed E-state index contributed by atoms with van der Waals surface area (Å²) in [6.07, 6.45) is 5.09. The molecule has 2 N–H and O–H groups in total. The highest BCUT2D eigenvalue weighted by atomic mass is 19.1. The van der Waals surface area contributed by atoms with E-state index in [0.29, 0.717) is 5.56 Å². The first-order chi connectivity index (χ1) is 10.1. The van der Waals surface area contributed by atoms with Gasteiger partial charge in [-0.1, -0.05) is 6.07 Å². The van der Waals surface area contributed by atoms with Gasteiger partial charge in [-0.05, 0) is 75.7 Å². The summed E-state index contributed by atoms with van der Waals surface area (Å²) in [5, 5.41) is 6.31. The van der Waals surface area contributed by atoms with E-state index in [2.05, 4.69) is 10.6 Å². The van der Waals surface area contributed by atoms with Crippen LogP contribution in [0.15, 0.2) is 18.2 Å². The Balaban J connectivity index is 1.72. The molecule has 4 heteroatoms. The molecule has 0 unspecified atom stereocenters. The van der Waals surface area contributed by atoms with Crippen molar-refractivity contribution in [2.24, 2.45) is 0 Å². The molecule has 1 saturated heterocycles. The molecule has 1 aromatic rings. The maximum Gasteiger partial charge on any atom is 0.251 e. The van der Waals surface area contributed by atoms with E-state index in [9.17, 15) is 9.18 Å². The van der Waals surface area contributed by atoms with E-state index in [-0.39, 0.29) is 23.2 Å². The Morgan fingerprint density at radius 1 is 1.33 bits per heavy atom. The Hall–Kier alpha value is -1.42. The van der Waals surface area contributed by atoms with Gasteiger partial charge < -0.3 is 10.6 Å². The van der Waals surface area contributed by atoms with E-state index in [1.165, 1.54) is 6.07 Å². The van der Waals surface area contributed by atoms with Crippen molar-refractivity contribution in [2.45, 2.75) is 50.5 Å². The fraction of sp³-hybridized carbons (Fsp3) is 0.588. The van der Waals surface area contributed by atoms with Gasteiger partial charge in [-0.25, -0.2) is 4.39 Å². The zero-order valence-electron chi connectivity index (χ0n) is 12.5. The lowest BCUT2D eigenvalue weighted by Gasteiger charge is -2.39. The SMILES string of the molecule is CC1(NC(=O)c2ccc(C3CCNCC3)c(F)c2)CCC1. The van der Waals surface area contributed by atoms with Crippen LogP contribution in [0, 0.1) is 5.82 Å². The molecule has 0 atom stereocenters. The summed E-state index contributed by atoms with van der Waals surface area (Å²) in [5.41, 5.74) is 1.09. The lowest BCUT2D eigenvalue weighted by molar-refractivity contribution is 0.0850. The molecular weight excluding hydrogens is 267 g/mol. The van der Waals surface area contributed by atoms with E-state index >= 15 is 0 Å². The first-order valence-corrected chi connectivity index (χ1v) is 7.90. The Morgan fingerprint density at radius 2 is 2.05 bits per heavy atom. The van der Waals surface area contributed by atoms with Crippen LogP contribution in [0.25, 0.3) is 0 Å². The first kappa shape index (κ1) is 14.5. The summed E-state index contributed by atoms with van der Waals surface area (Å²) < 4.78 is 14.3. The smallest absolute Gasteiger partial charge is 0.251 e. The third kappa shape index (κ3) is 3.10. The molecule has 3 rings (SSSR count). The zero-order chi connectivity index (χ0) is 14.9. The molecule has 0 aromatic heterocycles. The van der Waals surface area contributed by atoms with Crippen LogP contribution in [0.5, 0.6) is 0 Å². The third-order valence-electron chi connectivity index (χ3n) is 4.91. The quantitative estimate of drug-likeness (QED) is 0.898. The number of carbonyl (C=O) groups is 1. The summed E-state index contributed by atoms with van der Waals surface area (Å²) in [6, 6.07) is 4.95. The zero-order valence-corrected chi connectivity index (χ0v) is 12.5. The van der Waals surface area contributed by atoms with Crippen molar-refractivity contribution in [1.82, 2.24) is 10.6 Å². The summed E-state index contributed by atoms with van der Waals surface area (Å²) in [6.45, 7) is 3.92. The van der Waals surface area contributed by atoms with Gasteiger partial charge in [0.2, 0.25) is 0 Å². The number of hydrogen-bond acceptors (Lipinski definition) is 2. The maximum absolute atomic E-state index is 14.3. The molecule has 1 saturated carbocycles. The predicted octanol–water partition coefficient (Wildman–Crippen LogP) is 2.97. The average molecular weight is 290 g/mol. The lowest BCUT2D eigenvalue weighted by atomic mass is 9.78. The van der Waals surface area contributed by atoms with Crippen LogP contribution < -0.4 is 10.6 Å². The molecule has 1 aromatic carbocycles. The monoisotopic (exact) mass is 290 g/mol. The minimum atomic E-state index is -0.242. The van der Waals surface area contributed by atoms with Crippen LogP contribution in [-0.4, -0.2) is 24.5 Å². The highest BCUT2D eigenvalue weighted by molar-refractivity contribution is 5.94. The van der Waals surface area contributed by atoms with Gasteiger partial charge in [0.15, 0.2) is 0 Å². The molecule has 0 spiro atoms. The largest absolute Gasteiger partial charge is 0.347 e. The number of rotatable bonds is 3. The van der Waals surface area contributed by atoms with Crippen LogP contribution in [-0.2, 0) is 0 Å². The molecule has 0 bridgehead atoms. The van der Waals surface area contributed by atoms with Crippen LogP contribution in [0.1, 0.15) is 60.9 Å². The number of hydrogen-bond donors (Lipinski definition) is 2. The minimum Gasteiger partial charge on any atom is -0.347 e. The highest BCUT2D eigenvalue weighted by Crippen LogP contribution is 2.32. The van der Waals surface area contributed by atoms with Gasteiger partial charge in [0.1, 0.15) is 5.82 Å². The van der Waals surface area contributed by atoms with E-state index in [0.717, 1.165) is 50.8 Å². The number of nitrogens with one attached hydrogen (secondary N) is 2. The van der Waals surface area contributed by atoms with Gasteiger partial charge in [0, 0.05) is 11.1 Å². The van der Waals surface area contributed by atoms with Gasteiger partial charge >= 0.3 is 0 Å². The van der Waals surface area contributed by atoms with Crippen molar-refractivity contribution in [3.63, 3.8) is 0 Å². The molecule has 114 valence electrons. The fourth-order valence-electron chi connectivity index (χ4n) is 3.31. The number of piperidine rings is 1. The van der Waals surface area contributed by atoms with Crippen molar-refractivity contribution in [3.8, 4) is 0 Å². The van der Waals surface area contributed by atoms with E-state index in [1.54, 1.807) is 12.1 Å². The van der Waals surface area contributed by atoms with Crippen LogP contribution in [0.3, 0.4) is 0 Å². The molecule has 21 heavy (non-hydrogen) atoms. The molecule has 1 aliphatic carbocycles. The predicted molar refractivity (Wildman–Crippen MR) is 81.0 cm³/mol. The second-order valence-corrected chi connectivity index (χ2v) is 6.63. The third-order valence-corrected chi connectivity index (χ3v) is 4.91. The minimum absolute atomic E-state index is 0.0960. The van der Waals surface area contributed by atoms with Gasteiger partial charge in [-0.3, -0.25) is 4.79 Å². The van der Waals surface area contributed by atoms with Crippen molar-refractivity contribution in [1.29, 1.82) is 0 Å². The van der Waals surface area contributed by atoms with E-state index < -0.39 is 0 Å². The van der Waals surface area contributed by atoms with Crippen molar-refractivity contribution >= 4 is 5.91 Å². The number of benzene rings is 1. The Morgan fingerprint density at radius 3 is 2.62 bits per heavy atom. The summed E-state index contributed by atoms with van der Waals surface area (Å²) in [4.78, 5) is 12.2. The molecule has 1 amide bonds. The van der Waals surface area contributed by atoms with Crippen LogP contribution in [0.4, 0.5) is 4.39 Å². The molecule has 1 aliphatic heterocycles. The molecular formula is C17H23FN2O. The number of carbonyl (C=O) groups excluding carboxylic acids is 1. The Labute approximate surface area is 125 Å². The van der Waals surface area contributed by atoms with Gasteiger partial charge in [0.25, 0.3) is 5.91 Å². The molecule has 3 nitrogen and oxygen atoms in total. The first-order valence-electron chi connectivity index (χ1n) is 7.90. The van der Waals surface area contributed by atoms with Crippen molar-refractivity contribution in [2.75, 3.05) is 13.1 Å². The standard InChI is InChI=1S/C17H23FN2O/c1-17(7-2-8-17)20-16(21)13-3-4-14(15(18)11-13)12-5-9-19-10-6-12/h3-4,11-12,19H,2,5-10H2,1H3,(H,20,21). The second-order valence-electron chi connectivity index (χ2n) is 6.63. The van der Waals surface area contributed by atoms with Gasteiger partial charge in [-0.2, -0.15) is 0 Å². The number of halogens is 1. The van der Waals surface area contributed by atoms with E-state index in [1.807, 2.05) is 6.92 Å². The Bertz CT molecular complexity index is 534. The van der Waals surface area contributed by atoms with Crippen molar-refractivity contribution < 1.29 is 9.18 Å². The highest BCUT2D eigenvalue weighted by Gasteiger charge is 2.33. The van der Waals surface area contributed by atoms with Gasteiger partial charge in [0.05, 0.1) is 0 Å². The summed E-state index contributed by atoms with van der Waals surface area (Å²) >= 11 is 0. The lowest BCUT2D eigenvalue weighted by Crippen LogP contribution is -2.50. The molecule has 1 heterocycles. The second kappa shape index (κ2) is 5.76. The molecule has 0 radical (unpaired) electrons. The normalized spacial score (nSPS) is 21.6. The fourth-order valence-corrected chi connectivity index (χ4v) is 3.31. The van der Waals surface area contributed by atoms with Crippen molar-refractivity contribution in [3.05, 3.63) is 35.1 Å². The van der Waals surface area contributed by atoms with Gasteiger partial charge in [-0.15, -0.1) is 0 Å². The Kier molecular flexibility index (Phi) is 3.98. The summed E-state index contributed by atoms with van der Waals surface area (Å²) in [7, 11) is 0. The topological polar surface area (TPSA) is 41.1 Å². The average Bonchev–Trinajstić information content (AvgIpc) is 2.46.